The molecule has 11 heteroatoms. The number of nitro benzene ring substituents is 1. The van der Waals surface area contributed by atoms with Crippen LogP contribution in [0.25, 0.3) is 33.4 Å². The predicted molar refractivity (Wildman–Crippen MR) is 135 cm³/mol. The van der Waals surface area contributed by atoms with Crippen molar-refractivity contribution in [2.45, 2.75) is 13.5 Å². The van der Waals surface area contributed by atoms with Gasteiger partial charge < -0.3 is 15.0 Å². The van der Waals surface area contributed by atoms with Crippen LogP contribution >= 0.6 is 0 Å². The quantitative estimate of drug-likeness (QED) is 0.287. The van der Waals surface area contributed by atoms with Crippen LogP contribution in [0.3, 0.4) is 0 Å². The van der Waals surface area contributed by atoms with Crippen molar-refractivity contribution in [2.24, 2.45) is 0 Å². The normalized spacial score (nSPS) is 14.2. The van der Waals surface area contributed by atoms with Gasteiger partial charge in [0.15, 0.2) is 0 Å². The van der Waals surface area contributed by atoms with Gasteiger partial charge in [0.05, 0.1) is 18.1 Å². The summed E-state index contributed by atoms with van der Waals surface area (Å²) in [6, 6.07) is 10.1. The fourth-order valence-corrected chi connectivity index (χ4v) is 4.37. The Labute approximate surface area is 207 Å². The van der Waals surface area contributed by atoms with E-state index < -0.39 is 4.92 Å². The molecule has 2 N–H and O–H groups in total. The molecule has 4 aromatic rings. The number of pyridine rings is 1. The second kappa shape index (κ2) is 10.3. The van der Waals surface area contributed by atoms with Gasteiger partial charge in [-0.15, -0.1) is 0 Å². The maximum absolute atomic E-state index is 12.8. The average molecular weight is 490 g/mol. The van der Waals surface area contributed by atoms with Gasteiger partial charge in [0.25, 0.3) is 11.6 Å². The van der Waals surface area contributed by atoms with Gasteiger partial charge in [-0.1, -0.05) is 0 Å². The Hall–Kier alpha value is -4.09. The molecule has 36 heavy (non-hydrogen) atoms. The number of nitrogens with zero attached hydrogens (tertiary/aromatic N) is 5. The number of hydrogen-bond acceptors (Lipinski definition) is 7. The summed E-state index contributed by atoms with van der Waals surface area (Å²) in [5.74, 6) is -0.188. The molecule has 1 amide bonds. The summed E-state index contributed by atoms with van der Waals surface area (Å²) in [4.78, 5) is 33.3. The van der Waals surface area contributed by atoms with Gasteiger partial charge in [-0.2, -0.15) is 5.10 Å². The number of carbonyl (C=O) groups excluding carboxylic acids is 1. The topological polar surface area (TPSA) is 131 Å². The molecular formula is C25H27N7O4. The number of amides is 1. The Morgan fingerprint density at radius 3 is 2.69 bits per heavy atom. The maximum Gasteiger partial charge on any atom is 0.269 e. The van der Waals surface area contributed by atoms with E-state index in [1.807, 2.05) is 29.9 Å². The van der Waals surface area contributed by atoms with Crippen LogP contribution in [0.5, 0.6) is 0 Å². The molecule has 0 aliphatic carbocycles. The average Bonchev–Trinajstić information content (AvgIpc) is 3.54. The molecule has 186 valence electrons. The molecule has 4 heterocycles. The number of fused-ring (bicyclic) bond motifs is 1. The third-order valence-electron chi connectivity index (χ3n) is 6.32. The number of morpholine rings is 1. The number of rotatable bonds is 8. The molecule has 0 unspecified atom stereocenters. The molecule has 0 atom stereocenters. The molecule has 1 fully saturated rings. The van der Waals surface area contributed by atoms with E-state index >= 15 is 0 Å². The van der Waals surface area contributed by atoms with E-state index in [0.717, 1.165) is 54.9 Å². The summed E-state index contributed by atoms with van der Waals surface area (Å²) in [5, 5.41) is 19.6. The fourth-order valence-electron chi connectivity index (χ4n) is 4.37. The highest BCUT2D eigenvalue weighted by Crippen LogP contribution is 2.35. The number of nitro groups is 1. The van der Waals surface area contributed by atoms with E-state index in [1.165, 1.54) is 12.1 Å². The van der Waals surface area contributed by atoms with Gasteiger partial charge in [-0.25, -0.2) is 4.98 Å². The van der Waals surface area contributed by atoms with Crippen molar-refractivity contribution in [3.05, 3.63) is 64.6 Å². The van der Waals surface area contributed by atoms with Gasteiger partial charge in [0.2, 0.25) is 0 Å². The SMILES string of the molecule is CCn1cc(-c2ccnc3[nH]c(C(=O)NCCN4CCOCC4)cc23)c(-c2ccc([N+](=O)[O-])cc2)n1. The monoisotopic (exact) mass is 489 g/mol. The predicted octanol–water partition coefficient (Wildman–Crippen LogP) is 3.08. The van der Waals surface area contributed by atoms with Gasteiger partial charge in [0.1, 0.15) is 17.0 Å². The Balaban J connectivity index is 1.43. The Morgan fingerprint density at radius 2 is 1.97 bits per heavy atom. The van der Waals surface area contributed by atoms with E-state index in [0.29, 0.717) is 30.1 Å². The number of hydrogen-bond donors (Lipinski definition) is 2. The largest absolute Gasteiger partial charge is 0.379 e. The third-order valence-corrected chi connectivity index (χ3v) is 6.32. The van der Waals surface area contributed by atoms with E-state index in [1.54, 1.807) is 18.3 Å². The minimum atomic E-state index is -0.422. The van der Waals surface area contributed by atoms with Crippen LogP contribution in [0.2, 0.25) is 0 Å². The summed E-state index contributed by atoms with van der Waals surface area (Å²) < 4.78 is 7.19. The second-order valence-electron chi connectivity index (χ2n) is 8.56. The molecule has 11 nitrogen and oxygen atoms in total. The van der Waals surface area contributed by atoms with Crippen LogP contribution in [0.15, 0.2) is 48.8 Å². The molecule has 0 bridgehead atoms. The number of carbonyl (C=O) groups is 1. The first-order valence-corrected chi connectivity index (χ1v) is 11.9. The lowest BCUT2D eigenvalue weighted by molar-refractivity contribution is -0.384. The molecule has 1 aliphatic rings. The molecule has 0 radical (unpaired) electrons. The first kappa shape index (κ1) is 23.6. The fraction of sp³-hybridized carbons (Fsp3) is 0.320. The zero-order chi connectivity index (χ0) is 25.1. The number of aromatic amines is 1. The van der Waals surface area contributed by atoms with Gasteiger partial charge >= 0.3 is 0 Å². The molecule has 1 aromatic carbocycles. The Bertz CT molecular complexity index is 1390. The number of H-pyrrole nitrogens is 1. The van der Waals surface area contributed by atoms with Crippen LogP contribution in [0, 0.1) is 10.1 Å². The van der Waals surface area contributed by atoms with Crippen LogP contribution in [0.4, 0.5) is 5.69 Å². The number of benzene rings is 1. The summed E-state index contributed by atoms with van der Waals surface area (Å²) in [6.07, 6.45) is 3.64. The molecule has 1 saturated heterocycles. The van der Waals surface area contributed by atoms with Crippen molar-refractivity contribution >= 4 is 22.6 Å². The van der Waals surface area contributed by atoms with E-state index in [2.05, 4.69) is 20.2 Å². The minimum Gasteiger partial charge on any atom is -0.379 e. The van der Waals surface area contributed by atoms with Crippen molar-refractivity contribution < 1.29 is 14.5 Å². The summed E-state index contributed by atoms with van der Waals surface area (Å²) in [5.41, 5.74) is 4.27. The van der Waals surface area contributed by atoms with E-state index in [9.17, 15) is 14.9 Å². The highest BCUT2D eigenvalue weighted by molar-refractivity contribution is 6.03. The number of non-ortho nitro benzene ring substituents is 1. The first-order valence-electron chi connectivity index (χ1n) is 11.9. The van der Waals surface area contributed by atoms with Crippen LogP contribution < -0.4 is 5.32 Å². The highest BCUT2D eigenvalue weighted by Gasteiger charge is 2.19. The third kappa shape index (κ3) is 4.83. The van der Waals surface area contributed by atoms with E-state index in [4.69, 9.17) is 9.84 Å². The van der Waals surface area contributed by atoms with E-state index in [-0.39, 0.29) is 11.6 Å². The zero-order valence-corrected chi connectivity index (χ0v) is 19.9. The van der Waals surface area contributed by atoms with Crippen molar-refractivity contribution in [2.75, 3.05) is 39.4 Å². The smallest absolute Gasteiger partial charge is 0.269 e. The molecule has 0 spiro atoms. The molecule has 5 rings (SSSR count). The number of ether oxygens (including phenoxy) is 1. The van der Waals surface area contributed by atoms with Gasteiger partial charge in [0, 0.05) is 73.8 Å². The van der Waals surface area contributed by atoms with Gasteiger partial charge in [-0.05, 0) is 36.8 Å². The van der Waals surface area contributed by atoms with Crippen LogP contribution in [-0.2, 0) is 11.3 Å². The minimum absolute atomic E-state index is 0.0245. The van der Waals surface area contributed by atoms with Crippen LogP contribution in [-0.4, -0.2) is 74.9 Å². The lowest BCUT2D eigenvalue weighted by Gasteiger charge is -2.26. The first-order chi connectivity index (χ1) is 17.5. The van der Waals surface area contributed by atoms with Gasteiger partial charge in [-0.3, -0.25) is 24.5 Å². The highest BCUT2D eigenvalue weighted by atomic mass is 16.6. The second-order valence-corrected chi connectivity index (χ2v) is 8.56. The summed E-state index contributed by atoms with van der Waals surface area (Å²) in [6.45, 7) is 7.17. The number of aryl methyl sites for hydroxylation is 1. The van der Waals surface area contributed by atoms with Crippen LogP contribution in [0.1, 0.15) is 17.4 Å². The Morgan fingerprint density at radius 1 is 1.19 bits per heavy atom. The molecule has 0 saturated carbocycles. The summed E-state index contributed by atoms with van der Waals surface area (Å²) in [7, 11) is 0. The van der Waals surface area contributed by atoms with Crippen molar-refractivity contribution in [3.8, 4) is 22.4 Å². The standard InChI is InChI=1S/C25H27N7O4/c1-2-31-16-21(23(29-31)17-3-5-18(6-4-17)32(34)35)19-7-8-26-24-20(19)15-22(28-24)25(33)27-9-10-30-11-13-36-14-12-30/h3-8,15-16H,2,9-14H2,1H3,(H,26,28)(H,27,33). The van der Waals surface area contributed by atoms with Crippen molar-refractivity contribution in [1.29, 1.82) is 0 Å². The number of aromatic nitrogens is 4. The van der Waals surface area contributed by atoms with Crippen molar-refractivity contribution in [1.82, 2.24) is 30.0 Å². The lowest BCUT2D eigenvalue weighted by atomic mass is 10.00. The molecule has 1 aliphatic heterocycles. The lowest BCUT2D eigenvalue weighted by Crippen LogP contribution is -2.41. The number of nitrogens with one attached hydrogen (secondary N) is 2. The summed E-state index contributed by atoms with van der Waals surface area (Å²) >= 11 is 0. The molecule has 3 aromatic heterocycles. The zero-order valence-electron chi connectivity index (χ0n) is 19.9. The Kier molecular flexibility index (Phi) is 6.74. The van der Waals surface area contributed by atoms with Crippen molar-refractivity contribution in [3.63, 3.8) is 0 Å². The molecular weight excluding hydrogens is 462 g/mol. The maximum atomic E-state index is 12.8.